The summed E-state index contributed by atoms with van der Waals surface area (Å²) in [6.07, 6.45) is 3.36. The first-order valence-corrected chi connectivity index (χ1v) is 12.0. The molecule has 1 amide bonds. The van der Waals surface area contributed by atoms with Crippen LogP contribution in [0.2, 0.25) is 0 Å². The zero-order valence-corrected chi connectivity index (χ0v) is 20.0. The highest BCUT2D eigenvalue weighted by Gasteiger charge is 2.23. The van der Waals surface area contributed by atoms with Crippen molar-refractivity contribution in [3.05, 3.63) is 84.3 Å². The van der Waals surface area contributed by atoms with E-state index in [1.165, 1.54) is 19.2 Å². The Labute approximate surface area is 202 Å². The minimum atomic E-state index is -0.415. The number of aromatic nitrogens is 2. The van der Waals surface area contributed by atoms with Crippen molar-refractivity contribution in [2.45, 2.75) is 24.0 Å². The van der Waals surface area contributed by atoms with Crippen LogP contribution in [0.25, 0.3) is 16.6 Å². The van der Waals surface area contributed by atoms with Gasteiger partial charge in [0.1, 0.15) is 24.3 Å². The van der Waals surface area contributed by atoms with Gasteiger partial charge in [-0.05, 0) is 73.3 Å². The molecule has 8 heteroatoms. The lowest BCUT2D eigenvalue weighted by atomic mass is 10.0. The zero-order chi connectivity index (χ0) is 24.1. The van der Waals surface area contributed by atoms with Crippen LogP contribution >= 0.6 is 11.8 Å². The van der Waals surface area contributed by atoms with Crippen LogP contribution in [0.4, 0.5) is 4.39 Å². The minimum Gasteiger partial charge on any atom is -0.484 e. The Morgan fingerprint density at radius 1 is 1.12 bits per heavy atom. The number of ether oxygens (including phenoxy) is 2. The first-order valence-electron chi connectivity index (χ1n) is 10.8. The summed E-state index contributed by atoms with van der Waals surface area (Å²) < 4.78 is 26.4. The van der Waals surface area contributed by atoms with E-state index < -0.39 is 6.10 Å². The largest absolute Gasteiger partial charge is 0.484 e. The van der Waals surface area contributed by atoms with Crippen LogP contribution < -0.4 is 10.1 Å². The molecule has 176 valence electrons. The number of methoxy groups -OCH3 is 1. The standard InChI is InChI=1S/C26H26FN3O3S/c1-17(29-25(31)16-32-2)26(18-4-11-23(34-3)12-5-18)33-22-10-13-24-19(14-22)15-28-30(24)21-8-6-20(27)7-9-21/h4-15,17,26H,16H2,1-3H3,(H,29,31). The lowest BCUT2D eigenvalue weighted by Crippen LogP contribution is -2.40. The molecule has 0 bridgehead atoms. The molecule has 0 saturated carbocycles. The molecule has 0 aliphatic heterocycles. The molecule has 0 aliphatic carbocycles. The molecule has 1 aromatic heterocycles. The Bertz CT molecular complexity index is 1260. The maximum absolute atomic E-state index is 13.3. The monoisotopic (exact) mass is 479 g/mol. The first-order chi connectivity index (χ1) is 16.5. The number of carbonyl (C=O) groups is 1. The highest BCUT2D eigenvalue weighted by atomic mass is 32.2. The van der Waals surface area contributed by atoms with E-state index in [0.29, 0.717) is 5.75 Å². The van der Waals surface area contributed by atoms with E-state index in [9.17, 15) is 9.18 Å². The van der Waals surface area contributed by atoms with Gasteiger partial charge in [-0.3, -0.25) is 4.79 Å². The Kier molecular flexibility index (Phi) is 7.49. The quantitative estimate of drug-likeness (QED) is 0.336. The molecule has 0 fully saturated rings. The van der Waals surface area contributed by atoms with Crippen molar-refractivity contribution in [1.82, 2.24) is 15.1 Å². The maximum atomic E-state index is 13.3. The van der Waals surface area contributed by atoms with Crippen LogP contribution in [-0.2, 0) is 9.53 Å². The number of nitrogens with zero attached hydrogens (tertiary/aromatic N) is 2. The molecule has 6 nitrogen and oxygen atoms in total. The highest BCUT2D eigenvalue weighted by molar-refractivity contribution is 7.98. The molecule has 4 rings (SSSR count). The van der Waals surface area contributed by atoms with Crippen LogP contribution in [0.3, 0.4) is 0 Å². The van der Waals surface area contributed by atoms with Crippen LogP contribution in [-0.4, -0.2) is 41.7 Å². The lowest BCUT2D eigenvalue weighted by Gasteiger charge is -2.26. The van der Waals surface area contributed by atoms with E-state index in [0.717, 1.165) is 27.0 Å². The van der Waals surface area contributed by atoms with Crippen molar-refractivity contribution < 1.29 is 18.7 Å². The number of benzene rings is 3. The fourth-order valence-electron chi connectivity index (χ4n) is 3.77. The van der Waals surface area contributed by atoms with Gasteiger partial charge < -0.3 is 14.8 Å². The van der Waals surface area contributed by atoms with Gasteiger partial charge in [0, 0.05) is 17.4 Å². The SMILES string of the molecule is COCC(=O)NC(C)C(Oc1ccc2c(cnn2-c2ccc(F)cc2)c1)c1ccc(SC)cc1. The fraction of sp³-hybridized carbons (Fsp3) is 0.231. The summed E-state index contributed by atoms with van der Waals surface area (Å²) in [5.74, 6) is 0.150. The van der Waals surface area contributed by atoms with Crippen LogP contribution in [0.5, 0.6) is 5.75 Å². The predicted octanol–water partition coefficient (Wildman–Crippen LogP) is 5.16. The fourth-order valence-corrected chi connectivity index (χ4v) is 4.18. The van der Waals surface area contributed by atoms with Crippen molar-refractivity contribution >= 4 is 28.6 Å². The average molecular weight is 480 g/mol. The van der Waals surface area contributed by atoms with Crippen molar-refractivity contribution in [3.8, 4) is 11.4 Å². The molecule has 0 radical (unpaired) electrons. The molecule has 2 unspecified atom stereocenters. The molecule has 1 N–H and O–H groups in total. The van der Waals surface area contributed by atoms with E-state index in [1.54, 1.807) is 34.8 Å². The number of hydrogen-bond donors (Lipinski definition) is 1. The second-order valence-corrected chi connectivity index (χ2v) is 8.73. The first kappa shape index (κ1) is 23.8. The molecule has 4 aromatic rings. The second kappa shape index (κ2) is 10.7. The predicted molar refractivity (Wildman–Crippen MR) is 132 cm³/mol. The van der Waals surface area contributed by atoms with Crippen molar-refractivity contribution in [2.75, 3.05) is 20.0 Å². The maximum Gasteiger partial charge on any atom is 0.246 e. The van der Waals surface area contributed by atoms with E-state index in [1.807, 2.05) is 55.6 Å². The van der Waals surface area contributed by atoms with Gasteiger partial charge in [-0.2, -0.15) is 5.10 Å². The molecular weight excluding hydrogens is 453 g/mol. The smallest absolute Gasteiger partial charge is 0.246 e. The lowest BCUT2D eigenvalue weighted by molar-refractivity contribution is -0.126. The van der Waals surface area contributed by atoms with E-state index in [-0.39, 0.29) is 24.4 Å². The Morgan fingerprint density at radius 3 is 2.53 bits per heavy atom. The normalized spacial score (nSPS) is 12.9. The summed E-state index contributed by atoms with van der Waals surface area (Å²) in [5.41, 5.74) is 2.60. The Morgan fingerprint density at radius 2 is 1.85 bits per heavy atom. The van der Waals surface area contributed by atoms with Gasteiger partial charge in [0.2, 0.25) is 5.91 Å². The molecular formula is C26H26FN3O3S. The van der Waals surface area contributed by atoms with Gasteiger partial charge >= 0.3 is 0 Å². The molecule has 0 aliphatic rings. The number of thioether (sulfide) groups is 1. The van der Waals surface area contributed by atoms with Gasteiger partial charge in [0.25, 0.3) is 0 Å². The van der Waals surface area contributed by atoms with Gasteiger partial charge in [-0.1, -0.05) is 12.1 Å². The zero-order valence-electron chi connectivity index (χ0n) is 19.2. The molecule has 3 aromatic carbocycles. The summed E-state index contributed by atoms with van der Waals surface area (Å²) in [7, 11) is 1.49. The second-order valence-electron chi connectivity index (χ2n) is 7.85. The summed E-state index contributed by atoms with van der Waals surface area (Å²) in [4.78, 5) is 13.3. The van der Waals surface area contributed by atoms with Crippen LogP contribution in [0, 0.1) is 5.82 Å². The average Bonchev–Trinajstić information content (AvgIpc) is 3.26. The molecule has 0 spiro atoms. The third-order valence-corrected chi connectivity index (χ3v) is 6.18. The van der Waals surface area contributed by atoms with Gasteiger partial charge in [-0.15, -0.1) is 11.8 Å². The summed E-state index contributed by atoms with van der Waals surface area (Å²) in [6.45, 7) is 1.89. The highest BCUT2D eigenvalue weighted by Crippen LogP contribution is 2.30. The number of nitrogens with one attached hydrogen (secondary N) is 1. The summed E-state index contributed by atoms with van der Waals surface area (Å²) >= 11 is 1.66. The van der Waals surface area contributed by atoms with Gasteiger partial charge in [0.15, 0.2) is 0 Å². The van der Waals surface area contributed by atoms with Crippen molar-refractivity contribution in [3.63, 3.8) is 0 Å². The van der Waals surface area contributed by atoms with Crippen molar-refractivity contribution in [1.29, 1.82) is 0 Å². The number of halogens is 1. The van der Waals surface area contributed by atoms with E-state index >= 15 is 0 Å². The topological polar surface area (TPSA) is 65.4 Å². The van der Waals surface area contributed by atoms with Gasteiger partial charge in [-0.25, -0.2) is 9.07 Å². The van der Waals surface area contributed by atoms with E-state index in [2.05, 4.69) is 10.4 Å². The number of rotatable bonds is 9. The third kappa shape index (κ3) is 5.40. The minimum absolute atomic E-state index is 0.0169. The van der Waals surface area contributed by atoms with Crippen LogP contribution in [0.15, 0.2) is 77.8 Å². The Hall–Kier alpha value is -3.36. The van der Waals surface area contributed by atoms with Crippen molar-refractivity contribution in [2.24, 2.45) is 0 Å². The molecule has 1 heterocycles. The number of amides is 1. The van der Waals surface area contributed by atoms with Gasteiger partial charge in [0.05, 0.1) is 23.4 Å². The molecule has 0 saturated heterocycles. The Balaban J connectivity index is 1.62. The number of carbonyl (C=O) groups excluding carboxylic acids is 1. The number of hydrogen-bond acceptors (Lipinski definition) is 5. The number of fused-ring (bicyclic) bond motifs is 1. The molecule has 34 heavy (non-hydrogen) atoms. The molecule has 2 atom stereocenters. The summed E-state index contributed by atoms with van der Waals surface area (Å²) in [5, 5.41) is 8.29. The third-order valence-electron chi connectivity index (χ3n) is 5.44. The summed E-state index contributed by atoms with van der Waals surface area (Å²) in [6, 6.07) is 19.7. The van der Waals surface area contributed by atoms with E-state index in [4.69, 9.17) is 9.47 Å². The van der Waals surface area contributed by atoms with Crippen LogP contribution in [0.1, 0.15) is 18.6 Å².